The van der Waals surface area contributed by atoms with Gasteiger partial charge in [0.2, 0.25) is 11.8 Å². The van der Waals surface area contributed by atoms with Crippen LogP contribution in [-0.4, -0.2) is 60.1 Å². The highest BCUT2D eigenvalue weighted by molar-refractivity contribution is 5.91. The second-order valence-corrected chi connectivity index (χ2v) is 7.16. The Morgan fingerprint density at radius 3 is 2.52 bits per heavy atom. The number of carboxylic acid groups (broad SMARTS) is 1. The number of amides is 2. The van der Waals surface area contributed by atoms with Crippen molar-refractivity contribution >= 4 is 17.8 Å². The summed E-state index contributed by atoms with van der Waals surface area (Å²) in [6, 6.07) is -1.57. The van der Waals surface area contributed by atoms with Gasteiger partial charge in [0.15, 0.2) is 0 Å². The van der Waals surface area contributed by atoms with E-state index >= 15 is 0 Å². The van der Waals surface area contributed by atoms with Gasteiger partial charge in [0.1, 0.15) is 12.1 Å². The summed E-state index contributed by atoms with van der Waals surface area (Å²) in [7, 11) is 1.48. The first-order valence-corrected chi connectivity index (χ1v) is 7.97. The molecule has 7 nitrogen and oxygen atoms in total. The lowest BCUT2D eigenvalue weighted by molar-refractivity contribution is -0.144. The van der Waals surface area contributed by atoms with E-state index in [9.17, 15) is 14.4 Å². The number of hydrogen-bond acceptors (Lipinski definition) is 4. The zero-order valence-electron chi connectivity index (χ0n) is 14.4. The summed E-state index contributed by atoms with van der Waals surface area (Å²) in [6.45, 7) is 6.71. The lowest BCUT2D eigenvalue weighted by Gasteiger charge is -2.28. The van der Waals surface area contributed by atoms with Crippen molar-refractivity contribution in [2.75, 3.05) is 20.3 Å². The predicted octanol–water partition coefficient (Wildman–Crippen LogP) is 1.02. The lowest BCUT2D eigenvalue weighted by atomic mass is 9.91. The van der Waals surface area contributed by atoms with Crippen LogP contribution in [0.25, 0.3) is 0 Å². The molecular formula is C16H28N2O5. The minimum Gasteiger partial charge on any atom is -0.480 e. The largest absolute Gasteiger partial charge is 0.480 e. The number of likely N-dealkylation sites (tertiary alicyclic amines) is 1. The third kappa shape index (κ3) is 6.17. The summed E-state index contributed by atoms with van der Waals surface area (Å²) in [5.74, 6) is -1.55. The quantitative estimate of drug-likeness (QED) is 0.727. The number of methoxy groups -OCH3 is 1. The monoisotopic (exact) mass is 328 g/mol. The molecule has 23 heavy (non-hydrogen) atoms. The first-order chi connectivity index (χ1) is 10.7. The number of carbonyl (C=O) groups excluding carboxylic acids is 2. The summed E-state index contributed by atoms with van der Waals surface area (Å²) in [5, 5.41) is 11.7. The molecule has 1 aliphatic heterocycles. The molecule has 1 rings (SSSR count). The molecule has 1 saturated heterocycles. The molecule has 1 aliphatic rings. The Morgan fingerprint density at radius 1 is 1.35 bits per heavy atom. The number of ether oxygens (including phenoxy) is 1. The zero-order valence-corrected chi connectivity index (χ0v) is 14.4. The average molecular weight is 328 g/mol. The second-order valence-electron chi connectivity index (χ2n) is 7.16. The molecule has 0 radical (unpaired) electrons. The molecule has 2 atom stereocenters. The van der Waals surface area contributed by atoms with Gasteiger partial charge in [0.05, 0.1) is 0 Å². The van der Waals surface area contributed by atoms with Crippen LogP contribution in [0.4, 0.5) is 0 Å². The molecule has 0 saturated carbocycles. The van der Waals surface area contributed by atoms with Crippen molar-refractivity contribution in [1.29, 1.82) is 0 Å². The van der Waals surface area contributed by atoms with Gasteiger partial charge >= 0.3 is 5.97 Å². The van der Waals surface area contributed by atoms with E-state index in [1.807, 2.05) is 20.8 Å². The Labute approximate surface area is 137 Å². The SMILES string of the molecule is COCCC(NC(=O)C1CCCN1C(=O)CC(C)(C)C)C(=O)O. The van der Waals surface area contributed by atoms with Gasteiger partial charge in [-0.3, -0.25) is 9.59 Å². The molecule has 2 amide bonds. The van der Waals surface area contributed by atoms with Gasteiger partial charge in [-0.05, 0) is 18.3 Å². The molecule has 0 aromatic carbocycles. The minimum atomic E-state index is -1.10. The number of nitrogens with one attached hydrogen (secondary N) is 1. The normalized spacial score (nSPS) is 19.5. The van der Waals surface area contributed by atoms with Crippen molar-refractivity contribution < 1.29 is 24.2 Å². The van der Waals surface area contributed by atoms with E-state index in [-0.39, 0.29) is 24.3 Å². The van der Waals surface area contributed by atoms with Crippen LogP contribution < -0.4 is 5.32 Å². The summed E-state index contributed by atoms with van der Waals surface area (Å²) in [6.07, 6.45) is 1.88. The van der Waals surface area contributed by atoms with E-state index in [4.69, 9.17) is 9.84 Å². The highest BCUT2D eigenvalue weighted by atomic mass is 16.5. The average Bonchev–Trinajstić information content (AvgIpc) is 2.90. The first-order valence-electron chi connectivity index (χ1n) is 7.97. The third-order valence-electron chi connectivity index (χ3n) is 3.78. The van der Waals surface area contributed by atoms with E-state index in [1.54, 1.807) is 4.90 Å². The molecule has 2 N–H and O–H groups in total. The number of nitrogens with zero attached hydrogens (tertiary/aromatic N) is 1. The van der Waals surface area contributed by atoms with Gasteiger partial charge in [-0.15, -0.1) is 0 Å². The molecule has 7 heteroatoms. The van der Waals surface area contributed by atoms with Gasteiger partial charge in [0.25, 0.3) is 0 Å². The highest BCUT2D eigenvalue weighted by Crippen LogP contribution is 2.25. The fourth-order valence-electron chi connectivity index (χ4n) is 2.65. The third-order valence-corrected chi connectivity index (χ3v) is 3.78. The molecule has 0 aliphatic carbocycles. The Bertz CT molecular complexity index is 444. The van der Waals surface area contributed by atoms with Crippen molar-refractivity contribution in [3.63, 3.8) is 0 Å². The van der Waals surface area contributed by atoms with Crippen LogP contribution in [0.5, 0.6) is 0 Å². The topological polar surface area (TPSA) is 95.9 Å². The lowest BCUT2D eigenvalue weighted by Crippen LogP contribution is -2.51. The Hall–Kier alpha value is -1.63. The molecule has 132 valence electrons. The molecule has 1 fully saturated rings. The first kappa shape index (κ1) is 19.4. The fraction of sp³-hybridized carbons (Fsp3) is 0.812. The molecule has 0 aromatic rings. The molecular weight excluding hydrogens is 300 g/mol. The summed E-state index contributed by atoms with van der Waals surface area (Å²) >= 11 is 0. The van der Waals surface area contributed by atoms with Crippen LogP contribution >= 0.6 is 0 Å². The maximum Gasteiger partial charge on any atom is 0.326 e. The number of rotatable bonds is 7. The second kappa shape index (κ2) is 8.29. The van der Waals surface area contributed by atoms with Gasteiger partial charge in [-0.1, -0.05) is 20.8 Å². The van der Waals surface area contributed by atoms with E-state index in [1.165, 1.54) is 7.11 Å². The van der Waals surface area contributed by atoms with Crippen molar-refractivity contribution in [1.82, 2.24) is 10.2 Å². The summed E-state index contributed by atoms with van der Waals surface area (Å²) in [4.78, 5) is 37.6. The maximum absolute atomic E-state index is 12.4. The molecule has 0 spiro atoms. The Balaban J connectivity index is 2.69. The summed E-state index contributed by atoms with van der Waals surface area (Å²) in [5.41, 5.74) is -0.150. The van der Waals surface area contributed by atoms with Crippen LogP contribution in [0.1, 0.15) is 46.5 Å². The van der Waals surface area contributed by atoms with Gasteiger partial charge < -0.3 is 20.1 Å². The zero-order chi connectivity index (χ0) is 17.6. The van der Waals surface area contributed by atoms with Gasteiger partial charge in [-0.2, -0.15) is 0 Å². The fourth-order valence-corrected chi connectivity index (χ4v) is 2.65. The Morgan fingerprint density at radius 2 is 2.00 bits per heavy atom. The van der Waals surface area contributed by atoms with Crippen LogP contribution in [-0.2, 0) is 19.1 Å². The number of hydrogen-bond donors (Lipinski definition) is 2. The van der Waals surface area contributed by atoms with Crippen LogP contribution in [0.3, 0.4) is 0 Å². The number of carboxylic acids is 1. The smallest absolute Gasteiger partial charge is 0.326 e. The van der Waals surface area contributed by atoms with E-state index in [2.05, 4.69) is 5.32 Å². The van der Waals surface area contributed by atoms with Crippen molar-refractivity contribution in [2.24, 2.45) is 5.41 Å². The number of aliphatic carboxylic acids is 1. The van der Waals surface area contributed by atoms with Crippen LogP contribution in [0, 0.1) is 5.41 Å². The van der Waals surface area contributed by atoms with Crippen molar-refractivity contribution in [3.8, 4) is 0 Å². The molecule has 0 bridgehead atoms. The molecule has 0 aromatic heterocycles. The van der Waals surface area contributed by atoms with Crippen molar-refractivity contribution in [2.45, 2.75) is 58.5 Å². The maximum atomic E-state index is 12.4. The van der Waals surface area contributed by atoms with E-state index in [0.29, 0.717) is 19.4 Å². The van der Waals surface area contributed by atoms with E-state index in [0.717, 1.165) is 6.42 Å². The standard InChI is InChI=1S/C16H28N2O5/c1-16(2,3)10-13(19)18-8-5-6-12(18)14(20)17-11(15(21)22)7-9-23-4/h11-12H,5-10H2,1-4H3,(H,17,20)(H,21,22). The van der Waals surface area contributed by atoms with Crippen molar-refractivity contribution in [3.05, 3.63) is 0 Å². The Kier molecular flexibility index (Phi) is 7.00. The minimum absolute atomic E-state index is 0.0566. The van der Waals surface area contributed by atoms with Gasteiger partial charge in [0, 0.05) is 33.1 Å². The predicted molar refractivity (Wildman–Crippen MR) is 84.9 cm³/mol. The van der Waals surface area contributed by atoms with Gasteiger partial charge in [-0.25, -0.2) is 4.79 Å². The number of carbonyl (C=O) groups is 3. The van der Waals surface area contributed by atoms with Crippen LogP contribution in [0.2, 0.25) is 0 Å². The van der Waals surface area contributed by atoms with Crippen LogP contribution in [0.15, 0.2) is 0 Å². The highest BCUT2D eigenvalue weighted by Gasteiger charge is 2.36. The van der Waals surface area contributed by atoms with E-state index < -0.39 is 24.0 Å². The molecule has 2 unspecified atom stereocenters. The summed E-state index contributed by atoms with van der Waals surface area (Å²) < 4.78 is 4.86. The molecule has 1 heterocycles.